The molecule has 0 bridgehead atoms. The van der Waals surface area contributed by atoms with Crippen molar-refractivity contribution in [1.29, 1.82) is 0 Å². The number of carbonyl (C=O) groups is 1. The van der Waals surface area contributed by atoms with Crippen LogP contribution in [0, 0.1) is 5.92 Å². The van der Waals surface area contributed by atoms with E-state index in [0.29, 0.717) is 18.6 Å². The van der Waals surface area contributed by atoms with Crippen molar-refractivity contribution in [3.63, 3.8) is 0 Å². The maximum Gasteiger partial charge on any atom is 0.234 e. The maximum absolute atomic E-state index is 11.8. The summed E-state index contributed by atoms with van der Waals surface area (Å²) in [6, 6.07) is 1.01. The van der Waals surface area contributed by atoms with Crippen molar-refractivity contribution in [3.05, 3.63) is 0 Å². The zero-order chi connectivity index (χ0) is 12.3. The fraction of sp³-hybridized carbons (Fsp3) is 0.923. The molecule has 2 rings (SSSR count). The van der Waals surface area contributed by atoms with Crippen molar-refractivity contribution in [2.24, 2.45) is 5.92 Å². The third-order valence-electron chi connectivity index (χ3n) is 4.13. The highest BCUT2D eigenvalue weighted by atomic mass is 16.2. The Balaban J connectivity index is 1.74. The standard InChI is InChI=1S/C13H25N3O/c1-3-10(2)15-13(17)9-16-7-5-12-11(8-16)4-6-14-12/h10-12,14H,3-9H2,1-2H3,(H,15,17). The third kappa shape index (κ3) is 3.42. The normalized spacial score (nSPS) is 30.9. The molecule has 2 saturated heterocycles. The molecule has 98 valence electrons. The van der Waals surface area contributed by atoms with Gasteiger partial charge in [0.15, 0.2) is 0 Å². The highest BCUT2D eigenvalue weighted by Crippen LogP contribution is 2.24. The largest absolute Gasteiger partial charge is 0.353 e. The number of nitrogens with one attached hydrogen (secondary N) is 2. The molecule has 3 atom stereocenters. The molecule has 1 amide bonds. The first kappa shape index (κ1) is 12.8. The zero-order valence-electron chi connectivity index (χ0n) is 11.0. The number of rotatable bonds is 4. The van der Waals surface area contributed by atoms with Gasteiger partial charge in [0.2, 0.25) is 5.91 Å². The van der Waals surface area contributed by atoms with E-state index in [-0.39, 0.29) is 5.91 Å². The highest BCUT2D eigenvalue weighted by Gasteiger charge is 2.32. The molecule has 2 aliphatic heterocycles. The molecule has 3 unspecified atom stereocenters. The molecule has 0 aliphatic carbocycles. The zero-order valence-corrected chi connectivity index (χ0v) is 11.0. The fourth-order valence-corrected chi connectivity index (χ4v) is 2.89. The van der Waals surface area contributed by atoms with Crippen LogP contribution in [0.25, 0.3) is 0 Å². The lowest BCUT2D eigenvalue weighted by Crippen LogP contribution is -2.48. The van der Waals surface area contributed by atoms with Crippen molar-refractivity contribution in [2.45, 2.75) is 45.2 Å². The number of nitrogens with zero attached hydrogens (tertiary/aromatic N) is 1. The first-order valence-electron chi connectivity index (χ1n) is 6.94. The molecule has 4 heteroatoms. The van der Waals surface area contributed by atoms with E-state index in [2.05, 4.69) is 29.4 Å². The monoisotopic (exact) mass is 239 g/mol. The minimum atomic E-state index is 0.184. The summed E-state index contributed by atoms with van der Waals surface area (Å²) in [4.78, 5) is 14.1. The Kier molecular flexibility index (Phi) is 4.40. The predicted octanol–water partition coefficient (Wildman–Crippen LogP) is 0.585. The van der Waals surface area contributed by atoms with Gasteiger partial charge in [0.25, 0.3) is 0 Å². The molecule has 2 fully saturated rings. The van der Waals surface area contributed by atoms with E-state index in [4.69, 9.17) is 0 Å². The molecule has 0 aromatic heterocycles. The Morgan fingerprint density at radius 1 is 1.53 bits per heavy atom. The summed E-state index contributed by atoms with van der Waals surface area (Å²) >= 11 is 0. The van der Waals surface area contributed by atoms with Crippen molar-refractivity contribution in [1.82, 2.24) is 15.5 Å². The topological polar surface area (TPSA) is 44.4 Å². The van der Waals surface area contributed by atoms with Crippen molar-refractivity contribution in [2.75, 3.05) is 26.2 Å². The lowest BCUT2D eigenvalue weighted by Gasteiger charge is -2.34. The van der Waals surface area contributed by atoms with Crippen molar-refractivity contribution < 1.29 is 4.79 Å². The van der Waals surface area contributed by atoms with Crippen LogP contribution in [0.1, 0.15) is 33.1 Å². The minimum Gasteiger partial charge on any atom is -0.353 e. The lowest BCUT2D eigenvalue weighted by atomic mass is 9.93. The van der Waals surface area contributed by atoms with Gasteiger partial charge in [-0.3, -0.25) is 9.69 Å². The third-order valence-corrected chi connectivity index (χ3v) is 4.13. The second kappa shape index (κ2) is 5.83. The van der Waals surface area contributed by atoms with Crippen LogP contribution in [-0.2, 0) is 4.79 Å². The second-order valence-electron chi connectivity index (χ2n) is 5.51. The second-order valence-corrected chi connectivity index (χ2v) is 5.51. The molecular formula is C13H25N3O. The molecular weight excluding hydrogens is 214 g/mol. The Hall–Kier alpha value is -0.610. The van der Waals surface area contributed by atoms with Crippen molar-refractivity contribution >= 4 is 5.91 Å². The van der Waals surface area contributed by atoms with Crippen LogP contribution in [0.4, 0.5) is 0 Å². The van der Waals surface area contributed by atoms with Crippen LogP contribution in [0.2, 0.25) is 0 Å². The Morgan fingerprint density at radius 3 is 3.12 bits per heavy atom. The van der Waals surface area contributed by atoms with Gasteiger partial charge in [-0.05, 0) is 38.6 Å². The molecule has 4 nitrogen and oxygen atoms in total. The van der Waals surface area contributed by atoms with Gasteiger partial charge in [-0.1, -0.05) is 6.92 Å². The van der Waals surface area contributed by atoms with Crippen LogP contribution in [0.15, 0.2) is 0 Å². The van der Waals surface area contributed by atoms with E-state index in [9.17, 15) is 4.79 Å². The average molecular weight is 239 g/mol. The lowest BCUT2D eigenvalue weighted by molar-refractivity contribution is -0.123. The van der Waals surface area contributed by atoms with Gasteiger partial charge in [-0.2, -0.15) is 0 Å². The molecule has 0 saturated carbocycles. The molecule has 2 aliphatic rings. The molecule has 2 N–H and O–H groups in total. The molecule has 0 spiro atoms. The number of piperidine rings is 1. The Morgan fingerprint density at radius 2 is 2.35 bits per heavy atom. The van der Waals surface area contributed by atoms with Gasteiger partial charge >= 0.3 is 0 Å². The van der Waals surface area contributed by atoms with Gasteiger partial charge in [-0.15, -0.1) is 0 Å². The summed E-state index contributed by atoms with van der Waals surface area (Å²) in [5, 5.41) is 6.59. The van der Waals surface area contributed by atoms with Gasteiger partial charge < -0.3 is 10.6 Å². The van der Waals surface area contributed by atoms with Crippen LogP contribution < -0.4 is 10.6 Å². The molecule has 0 aromatic rings. The van der Waals surface area contributed by atoms with E-state index < -0.39 is 0 Å². The van der Waals surface area contributed by atoms with Gasteiger partial charge in [0, 0.05) is 25.2 Å². The highest BCUT2D eigenvalue weighted by molar-refractivity contribution is 5.78. The number of hydrogen-bond donors (Lipinski definition) is 2. The average Bonchev–Trinajstić information content (AvgIpc) is 2.75. The van der Waals surface area contributed by atoms with E-state index in [0.717, 1.165) is 32.0 Å². The number of amides is 1. The Bertz CT molecular complexity index is 269. The molecule has 0 radical (unpaired) electrons. The maximum atomic E-state index is 11.8. The van der Waals surface area contributed by atoms with Crippen LogP contribution in [0.3, 0.4) is 0 Å². The van der Waals surface area contributed by atoms with Gasteiger partial charge in [0.1, 0.15) is 0 Å². The summed E-state index contributed by atoms with van der Waals surface area (Å²) in [5.74, 6) is 0.948. The molecule has 0 aromatic carbocycles. The number of fused-ring (bicyclic) bond motifs is 1. The SMILES string of the molecule is CCC(C)NC(=O)CN1CCC2NCCC2C1. The fourth-order valence-electron chi connectivity index (χ4n) is 2.89. The first-order chi connectivity index (χ1) is 8.19. The quantitative estimate of drug-likeness (QED) is 0.754. The van der Waals surface area contributed by atoms with Gasteiger partial charge in [-0.25, -0.2) is 0 Å². The smallest absolute Gasteiger partial charge is 0.234 e. The summed E-state index contributed by atoms with van der Waals surface area (Å²) in [6.07, 6.45) is 3.47. The van der Waals surface area contributed by atoms with Crippen LogP contribution in [0.5, 0.6) is 0 Å². The van der Waals surface area contributed by atoms with Crippen LogP contribution in [-0.4, -0.2) is 49.1 Å². The minimum absolute atomic E-state index is 0.184. The van der Waals surface area contributed by atoms with E-state index in [1.54, 1.807) is 0 Å². The summed E-state index contributed by atoms with van der Waals surface area (Å²) in [5.41, 5.74) is 0. The van der Waals surface area contributed by atoms with E-state index in [1.165, 1.54) is 12.8 Å². The van der Waals surface area contributed by atoms with Crippen molar-refractivity contribution in [3.8, 4) is 0 Å². The van der Waals surface area contributed by atoms with Crippen LogP contribution >= 0.6 is 0 Å². The summed E-state index contributed by atoms with van der Waals surface area (Å²) in [6.45, 7) is 8.04. The van der Waals surface area contributed by atoms with Gasteiger partial charge in [0.05, 0.1) is 6.54 Å². The molecule has 17 heavy (non-hydrogen) atoms. The Labute approximate surface area is 104 Å². The van der Waals surface area contributed by atoms with E-state index in [1.807, 2.05) is 0 Å². The summed E-state index contributed by atoms with van der Waals surface area (Å²) in [7, 11) is 0. The number of carbonyl (C=O) groups excluding carboxylic acids is 1. The molecule has 2 heterocycles. The first-order valence-corrected chi connectivity index (χ1v) is 6.94. The summed E-state index contributed by atoms with van der Waals surface area (Å²) < 4.78 is 0. The van der Waals surface area contributed by atoms with E-state index >= 15 is 0 Å². The predicted molar refractivity (Wildman–Crippen MR) is 68.9 cm³/mol. The number of hydrogen-bond acceptors (Lipinski definition) is 3. The number of likely N-dealkylation sites (tertiary alicyclic amines) is 1.